The van der Waals surface area contributed by atoms with Crippen LogP contribution >= 0.6 is 12.4 Å². The Morgan fingerprint density at radius 1 is 1.17 bits per heavy atom. The maximum atomic E-state index is 12.9. The molecule has 2 aromatic rings. The zero-order valence-electron chi connectivity index (χ0n) is 14.2. The van der Waals surface area contributed by atoms with Gasteiger partial charge in [0.2, 0.25) is 0 Å². The lowest BCUT2D eigenvalue weighted by molar-refractivity contribution is 0.152. The molecular formula is C18H26ClN3O. The smallest absolute Gasteiger partial charge is 0.276 e. The van der Waals surface area contributed by atoms with E-state index in [-0.39, 0.29) is 18.0 Å². The molecule has 0 amide bonds. The number of benzene rings is 1. The van der Waals surface area contributed by atoms with Crippen LogP contribution in [0.5, 0.6) is 0 Å². The molecule has 0 bridgehead atoms. The van der Waals surface area contributed by atoms with E-state index in [0.29, 0.717) is 6.04 Å². The summed E-state index contributed by atoms with van der Waals surface area (Å²) in [6.07, 6.45) is 3.78. The van der Waals surface area contributed by atoms with Crippen molar-refractivity contribution in [1.29, 1.82) is 0 Å². The molecule has 3 rings (SSSR count). The van der Waals surface area contributed by atoms with Crippen molar-refractivity contribution < 1.29 is 0 Å². The van der Waals surface area contributed by atoms with Gasteiger partial charge in [-0.25, -0.2) is 4.68 Å². The van der Waals surface area contributed by atoms with Crippen LogP contribution < -0.4 is 5.56 Å². The third-order valence-corrected chi connectivity index (χ3v) is 4.98. The predicted octanol–water partition coefficient (Wildman–Crippen LogP) is 3.28. The Morgan fingerprint density at radius 3 is 2.52 bits per heavy atom. The van der Waals surface area contributed by atoms with E-state index in [9.17, 15) is 4.79 Å². The number of nitrogens with zero attached hydrogens (tertiary/aromatic N) is 3. The summed E-state index contributed by atoms with van der Waals surface area (Å²) in [5.41, 5.74) is 3.03. The van der Waals surface area contributed by atoms with Gasteiger partial charge >= 0.3 is 0 Å². The molecule has 0 spiro atoms. The lowest BCUT2D eigenvalue weighted by Crippen LogP contribution is -2.38. The van der Waals surface area contributed by atoms with Crippen LogP contribution in [-0.2, 0) is 13.6 Å². The summed E-state index contributed by atoms with van der Waals surface area (Å²) in [7, 11) is 1.97. The number of hydrogen-bond acceptors (Lipinski definition) is 2. The van der Waals surface area contributed by atoms with Crippen LogP contribution in [0.3, 0.4) is 0 Å². The quantitative estimate of drug-likeness (QED) is 0.861. The van der Waals surface area contributed by atoms with Crippen LogP contribution in [0.2, 0.25) is 0 Å². The maximum absolute atomic E-state index is 12.9. The fraction of sp³-hybridized carbons (Fsp3) is 0.500. The first-order valence-corrected chi connectivity index (χ1v) is 8.16. The third-order valence-electron chi connectivity index (χ3n) is 4.98. The second-order valence-electron chi connectivity index (χ2n) is 6.36. The van der Waals surface area contributed by atoms with E-state index in [1.54, 1.807) is 4.68 Å². The number of likely N-dealkylation sites (tertiary alicyclic amines) is 1. The lowest BCUT2D eigenvalue weighted by atomic mass is 10.0. The summed E-state index contributed by atoms with van der Waals surface area (Å²) >= 11 is 0. The Kier molecular flexibility index (Phi) is 5.71. The molecule has 5 heteroatoms. The summed E-state index contributed by atoms with van der Waals surface area (Å²) in [4.78, 5) is 15.4. The molecule has 1 atom stereocenters. The number of aromatic nitrogens is 2. The monoisotopic (exact) mass is 335 g/mol. The van der Waals surface area contributed by atoms with Crippen LogP contribution in [-0.4, -0.2) is 26.9 Å². The van der Waals surface area contributed by atoms with Crippen molar-refractivity contribution >= 4 is 12.4 Å². The molecule has 1 saturated heterocycles. The van der Waals surface area contributed by atoms with E-state index in [0.717, 1.165) is 30.0 Å². The van der Waals surface area contributed by atoms with Gasteiger partial charge in [0.1, 0.15) is 0 Å². The molecular weight excluding hydrogens is 310 g/mol. The Labute approximate surface area is 144 Å². The van der Waals surface area contributed by atoms with Gasteiger partial charge < -0.3 is 0 Å². The highest BCUT2D eigenvalue weighted by Crippen LogP contribution is 2.20. The second kappa shape index (κ2) is 7.37. The van der Waals surface area contributed by atoms with Crippen molar-refractivity contribution in [2.45, 2.75) is 45.7 Å². The Bertz CT molecular complexity index is 705. The van der Waals surface area contributed by atoms with E-state index < -0.39 is 0 Å². The number of halogens is 1. The van der Waals surface area contributed by atoms with Gasteiger partial charge in [0.15, 0.2) is 0 Å². The number of para-hydroxylation sites is 1. The van der Waals surface area contributed by atoms with Crippen LogP contribution in [0.4, 0.5) is 0 Å². The molecule has 4 nitrogen and oxygen atoms in total. The molecule has 23 heavy (non-hydrogen) atoms. The summed E-state index contributed by atoms with van der Waals surface area (Å²) in [6.45, 7) is 6.18. The molecule has 0 N–H and O–H groups in total. The minimum absolute atomic E-state index is 0. The fourth-order valence-corrected chi connectivity index (χ4v) is 3.40. The molecule has 0 aliphatic carbocycles. The van der Waals surface area contributed by atoms with Gasteiger partial charge in [-0.1, -0.05) is 24.6 Å². The molecule has 1 unspecified atom stereocenters. The largest absolute Gasteiger partial charge is 0.296 e. The van der Waals surface area contributed by atoms with E-state index in [4.69, 9.17) is 0 Å². The van der Waals surface area contributed by atoms with E-state index in [1.165, 1.54) is 19.3 Å². The standard InChI is InChI=1S/C18H25N3O.ClH/c1-14-9-7-8-12-20(14)13-17-15(2)19(3)21(18(17)22)16-10-5-4-6-11-16;/h4-6,10-11,14H,7-9,12-13H2,1-3H3;1H. The topological polar surface area (TPSA) is 30.2 Å². The predicted molar refractivity (Wildman–Crippen MR) is 96.7 cm³/mol. The zero-order chi connectivity index (χ0) is 15.7. The summed E-state index contributed by atoms with van der Waals surface area (Å²) in [5, 5.41) is 0. The van der Waals surface area contributed by atoms with Crippen LogP contribution in [0.1, 0.15) is 37.4 Å². The molecule has 1 aliphatic heterocycles. The van der Waals surface area contributed by atoms with Gasteiger partial charge in [-0.2, -0.15) is 0 Å². The summed E-state index contributed by atoms with van der Waals surface area (Å²) < 4.78 is 3.75. The van der Waals surface area contributed by atoms with Crippen molar-refractivity contribution in [3.05, 3.63) is 51.9 Å². The third kappa shape index (κ3) is 3.38. The number of piperidine rings is 1. The minimum Gasteiger partial charge on any atom is -0.296 e. The highest BCUT2D eigenvalue weighted by Gasteiger charge is 2.23. The molecule has 0 saturated carbocycles. The van der Waals surface area contributed by atoms with Gasteiger partial charge in [-0.05, 0) is 45.4 Å². The second-order valence-corrected chi connectivity index (χ2v) is 6.36. The van der Waals surface area contributed by atoms with Crippen molar-refractivity contribution in [3.8, 4) is 5.69 Å². The first kappa shape index (κ1) is 17.8. The van der Waals surface area contributed by atoms with Crippen LogP contribution in [0, 0.1) is 6.92 Å². The van der Waals surface area contributed by atoms with Gasteiger partial charge in [-0.15, -0.1) is 12.4 Å². The minimum atomic E-state index is 0. The van der Waals surface area contributed by atoms with Crippen molar-refractivity contribution in [2.24, 2.45) is 7.05 Å². The molecule has 2 heterocycles. The van der Waals surface area contributed by atoms with Crippen molar-refractivity contribution in [2.75, 3.05) is 6.54 Å². The molecule has 1 aliphatic rings. The lowest BCUT2D eigenvalue weighted by Gasteiger charge is -2.32. The Hall–Kier alpha value is -1.52. The van der Waals surface area contributed by atoms with Crippen molar-refractivity contribution in [3.63, 3.8) is 0 Å². The molecule has 1 aromatic carbocycles. The first-order chi connectivity index (χ1) is 10.6. The molecule has 0 radical (unpaired) electrons. The SMILES string of the molecule is Cc1c(CN2CCCCC2C)c(=O)n(-c2ccccc2)n1C.Cl. The van der Waals surface area contributed by atoms with Crippen LogP contribution in [0.15, 0.2) is 35.1 Å². The average molecular weight is 336 g/mol. The van der Waals surface area contributed by atoms with E-state index >= 15 is 0 Å². The molecule has 126 valence electrons. The Morgan fingerprint density at radius 2 is 1.87 bits per heavy atom. The highest BCUT2D eigenvalue weighted by molar-refractivity contribution is 5.85. The van der Waals surface area contributed by atoms with E-state index in [2.05, 4.69) is 11.8 Å². The maximum Gasteiger partial charge on any atom is 0.276 e. The molecule has 1 aromatic heterocycles. The zero-order valence-corrected chi connectivity index (χ0v) is 15.0. The fourth-order valence-electron chi connectivity index (χ4n) is 3.40. The first-order valence-electron chi connectivity index (χ1n) is 8.16. The molecule has 1 fully saturated rings. The number of hydrogen-bond donors (Lipinski definition) is 0. The highest BCUT2D eigenvalue weighted by atomic mass is 35.5. The van der Waals surface area contributed by atoms with Gasteiger partial charge in [0, 0.05) is 25.3 Å². The van der Waals surface area contributed by atoms with Crippen LogP contribution in [0.25, 0.3) is 5.69 Å². The Balaban J connectivity index is 0.00000192. The summed E-state index contributed by atoms with van der Waals surface area (Å²) in [6, 6.07) is 10.4. The van der Waals surface area contributed by atoms with E-state index in [1.807, 2.05) is 49.0 Å². The van der Waals surface area contributed by atoms with Gasteiger partial charge in [0.05, 0.1) is 11.3 Å². The number of rotatable bonds is 3. The average Bonchev–Trinajstić information content (AvgIpc) is 2.74. The van der Waals surface area contributed by atoms with Crippen molar-refractivity contribution in [1.82, 2.24) is 14.3 Å². The normalized spacial score (nSPS) is 18.7. The van der Waals surface area contributed by atoms with Gasteiger partial charge in [-0.3, -0.25) is 14.4 Å². The van der Waals surface area contributed by atoms with Gasteiger partial charge in [0.25, 0.3) is 5.56 Å². The summed E-state index contributed by atoms with van der Waals surface area (Å²) in [5.74, 6) is 0.